The number of hydrogen-bond donors (Lipinski definition) is 2. The minimum Gasteiger partial charge on any atom is -0.391 e. The Morgan fingerprint density at radius 2 is 1.85 bits per heavy atom. The summed E-state index contributed by atoms with van der Waals surface area (Å²) in [4.78, 5) is 43.8. The topological polar surface area (TPSA) is 116 Å². The van der Waals surface area contributed by atoms with Gasteiger partial charge in [-0.05, 0) is 55.0 Å². The van der Waals surface area contributed by atoms with E-state index in [1.807, 2.05) is 71.0 Å². The van der Waals surface area contributed by atoms with Gasteiger partial charge in [-0.25, -0.2) is 0 Å². The molecule has 2 aliphatic heterocycles. The van der Waals surface area contributed by atoms with Gasteiger partial charge in [0, 0.05) is 30.6 Å². The molecule has 4 unspecified atom stereocenters. The summed E-state index contributed by atoms with van der Waals surface area (Å²) in [6.07, 6.45) is 0.945. The molecular weight excluding hydrogens is 508 g/mol. The molecule has 40 heavy (non-hydrogen) atoms. The van der Waals surface area contributed by atoms with Gasteiger partial charge in [0.15, 0.2) is 0 Å². The largest absolute Gasteiger partial charge is 0.391 e. The molecule has 9 nitrogen and oxygen atoms in total. The molecule has 5 rings (SSSR count). The molecular formula is C31H36N4O5. The van der Waals surface area contributed by atoms with Gasteiger partial charge in [0.05, 0.1) is 17.8 Å². The van der Waals surface area contributed by atoms with Crippen molar-refractivity contribution in [2.45, 2.75) is 71.8 Å². The number of β-amino-alcohol motifs (C(OH)–C–C–N with tert-alkyl or cyclic N) is 1. The predicted molar refractivity (Wildman–Crippen MR) is 149 cm³/mol. The first kappa shape index (κ1) is 27.6. The van der Waals surface area contributed by atoms with E-state index in [2.05, 4.69) is 10.5 Å². The molecule has 4 atom stereocenters. The SMILES string of the molecule is Cc1cc(-c2conc2C)ccc1C(C)NC(=O)C1CC(O)CN1C(=O)C(C(C)C)N1Cc2ccccc2C1=O. The number of nitrogens with zero attached hydrogens (tertiary/aromatic N) is 3. The Balaban J connectivity index is 1.32. The van der Waals surface area contributed by atoms with Crippen molar-refractivity contribution in [1.82, 2.24) is 20.3 Å². The van der Waals surface area contributed by atoms with E-state index in [4.69, 9.17) is 4.52 Å². The Hall–Kier alpha value is -3.98. The number of aliphatic hydroxyl groups excluding tert-OH is 1. The lowest BCUT2D eigenvalue weighted by Crippen LogP contribution is -2.55. The number of amides is 3. The Bertz CT molecular complexity index is 1450. The van der Waals surface area contributed by atoms with Crippen LogP contribution in [0.5, 0.6) is 0 Å². The normalized spacial score (nSPS) is 20.1. The number of rotatable bonds is 7. The smallest absolute Gasteiger partial charge is 0.255 e. The molecule has 1 fully saturated rings. The van der Waals surface area contributed by atoms with E-state index < -0.39 is 18.2 Å². The van der Waals surface area contributed by atoms with Gasteiger partial charge in [-0.3, -0.25) is 14.4 Å². The second-order valence-corrected chi connectivity index (χ2v) is 11.3. The first-order chi connectivity index (χ1) is 19.1. The molecule has 3 amide bonds. The number of carbonyl (C=O) groups is 3. The van der Waals surface area contributed by atoms with Crippen LogP contribution >= 0.6 is 0 Å². The van der Waals surface area contributed by atoms with E-state index in [0.29, 0.717) is 12.1 Å². The lowest BCUT2D eigenvalue weighted by molar-refractivity contribution is -0.143. The number of aryl methyl sites for hydroxylation is 2. The lowest BCUT2D eigenvalue weighted by atomic mass is 9.96. The van der Waals surface area contributed by atoms with Crippen molar-refractivity contribution in [3.05, 3.63) is 76.7 Å². The third-order valence-electron chi connectivity index (χ3n) is 8.09. The third-order valence-corrected chi connectivity index (χ3v) is 8.09. The van der Waals surface area contributed by atoms with E-state index in [9.17, 15) is 19.5 Å². The maximum atomic E-state index is 13.9. The zero-order valence-corrected chi connectivity index (χ0v) is 23.5. The van der Waals surface area contributed by atoms with Crippen LogP contribution in [0.15, 0.2) is 53.3 Å². The highest BCUT2D eigenvalue weighted by Gasteiger charge is 2.46. The molecule has 3 heterocycles. The summed E-state index contributed by atoms with van der Waals surface area (Å²) in [5, 5.41) is 17.5. The maximum Gasteiger partial charge on any atom is 0.255 e. The fourth-order valence-electron chi connectivity index (χ4n) is 6.04. The van der Waals surface area contributed by atoms with Crippen molar-refractivity contribution < 1.29 is 24.0 Å². The monoisotopic (exact) mass is 544 g/mol. The Morgan fingerprint density at radius 3 is 2.50 bits per heavy atom. The van der Waals surface area contributed by atoms with Crippen LogP contribution in [0.25, 0.3) is 11.1 Å². The van der Waals surface area contributed by atoms with Crippen LogP contribution in [0.2, 0.25) is 0 Å². The molecule has 0 aliphatic carbocycles. The van der Waals surface area contributed by atoms with Gasteiger partial charge in [0.25, 0.3) is 5.91 Å². The Labute approximate surface area is 234 Å². The highest BCUT2D eigenvalue weighted by Crippen LogP contribution is 2.31. The Kier molecular flexibility index (Phi) is 7.51. The number of aromatic nitrogens is 1. The van der Waals surface area contributed by atoms with Crippen molar-refractivity contribution in [1.29, 1.82) is 0 Å². The van der Waals surface area contributed by atoms with E-state index in [-0.39, 0.29) is 42.6 Å². The standard InChI is InChI=1S/C31H36N4O5/c1-17(2)28(35-14-22-8-6-7-9-25(22)30(35)38)31(39)34-15-23(36)13-27(34)29(37)32-19(4)24-11-10-21(12-18(24)3)26-16-40-33-20(26)5/h6-12,16-17,19,23,27-28,36H,13-15H2,1-5H3,(H,32,37). The van der Waals surface area contributed by atoms with Crippen molar-refractivity contribution in [3.8, 4) is 11.1 Å². The number of carbonyl (C=O) groups excluding carboxylic acids is 3. The zero-order chi connectivity index (χ0) is 28.7. The summed E-state index contributed by atoms with van der Waals surface area (Å²) >= 11 is 0. The summed E-state index contributed by atoms with van der Waals surface area (Å²) in [6, 6.07) is 11.4. The third kappa shape index (κ3) is 5.01. The average Bonchev–Trinajstić information content (AvgIpc) is 3.61. The van der Waals surface area contributed by atoms with Crippen LogP contribution in [-0.4, -0.2) is 62.5 Å². The molecule has 2 aromatic carbocycles. The number of hydrogen-bond acceptors (Lipinski definition) is 6. The van der Waals surface area contributed by atoms with Gasteiger partial charge in [0.2, 0.25) is 11.8 Å². The number of nitrogens with one attached hydrogen (secondary N) is 1. The minimum absolute atomic E-state index is 0.0509. The second kappa shape index (κ2) is 10.9. The van der Waals surface area contributed by atoms with Gasteiger partial charge in [-0.15, -0.1) is 0 Å². The molecule has 1 saturated heterocycles. The minimum atomic E-state index is -0.828. The molecule has 1 aromatic heterocycles. The highest BCUT2D eigenvalue weighted by molar-refractivity contribution is 6.01. The molecule has 0 radical (unpaired) electrons. The van der Waals surface area contributed by atoms with Crippen LogP contribution < -0.4 is 5.32 Å². The van der Waals surface area contributed by atoms with Crippen molar-refractivity contribution >= 4 is 17.7 Å². The van der Waals surface area contributed by atoms with Gasteiger partial charge in [-0.1, -0.05) is 55.4 Å². The second-order valence-electron chi connectivity index (χ2n) is 11.3. The molecule has 0 spiro atoms. The molecule has 3 aromatic rings. The molecule has 2 N–H and O–H groups in total. The Morgan fingerprint density at radius 1 is 1.10 bits per heavy atom. The highest BCUT2D eigenvalue weighted by atomic mass is 16.5. The summed E-state index contributed by atoms with van der Waals surface area (Å²) < 4.78 is 5.07. The molecule has 210 valence electrons. The first-order valence-electron chi connectivity index (χ1n) is 13.8. The van der Waals surface area contributed by atoms with E-state index in [1.54, 1.807) is 17.2 Å². The summed E-state index contributed by atoms with van der Waals surface area (Å²) in [5.41, 5.74) is 6.13. The van der Waals surface area contributed by atoms with Gasteiger partial charge >= 0.3 is 0 Å². The predicted octanol–water partition coefficient (Wildman–Crippen LogP) is 3.78. The molecule has 9 heteroatoms. The molecule has 2 aliphatic rings. The van der Waals surface area contributed by atoms with Crippen molar-refractivity contribution in [2.24, 2.45) is 5.92 Å². The number of benzene rings is 2. The van der Waals surface area contributed by atoms with Crippen LogP contribution in [-0.2, 0) is 16.1 Å². The van der Waals surface area contributed by atoms with Crippen LogP contribution in [0.4, 0.5) is 0 Å². The van der Waals surface area contributed by atoms with Crippen LogP contribution in [0.1, 0.15) is 66.0 Å². The maximum absolute atomic E-state index is 13.9. The number of fused-ring (bicyclic) bond motifs is 1. The fraction of sp³-hybridized carbons (Fsp3) is 0.419. The van der Waals surface area contributed by atoms with E-state index in [0.717, 1.165) is 33.5 Å². The average molecular weight is 545 g/mol. The van der Waals surface area contributed by atoms with Crippen molar-refractivity contribution in [2.75, 3.05) is 6.54 Å². The number of aliphatic hydroxyl groups is 1. The van der Waals surface area contributed by atoms with Crippen LogP contribution in [0, 0.1) is 19.8 Å². The van der Waals surface area contributed by atoms with E-state index >= 15 is 0 Å². The van der Waals surface area contributed by atoms with Gasteiger partial charge in [-0.2, -0.15) is 0 Å². The van der Waals surface area contributed by atoms with Crippen LogP contribution in [0.3, 0.4) is 0 Å². The summed E-state index contributed by atoms with van der Waals surface area (Å²) in [6.45, 7) is 9.96. The summed E-state index contributed by atoms with van der Waals surface area (Å²) in [7, 11) is 0. The fourth-order valence-corrected chi connectivity index (χ4v) is 6.04. The first-order valence-corrected chi connectivity index (χ1v) is 13.8. The van der Waals surface area contributed by atoms with Gasteiger partial charge < -0.3 is 24.7 Å². The zero-order valence-electron chi connectivity index (χ0n) is 23.5. The molecule has 0 saturated carbocycles. The lowest BCUT2D eigenvalue weighted by Gasteiger charge is -2.35. The molecule has 0 bridgehead atoms. The summed E-state index contributed by atoms with van der Waals surface area (Å²) in [5.74, 6) is -1.00. The quantitative estimate of drug-likeness (QED) is 0.468. The van der Waals surface area contributed by atoms with E-state index in [1.165, 1.54) is 4.90 Å². The van der Waals surface area contributed by atoms with Gasteiger partial charge in [0.1, 0.15) is 18.3 Å². The number of likely N-dealkylation sites (tertiary alicyclic amines) is 1. The van der Waals surface area contributed by atoms with Crippen molar-refractivity contribution in [3.63, 3.8) is 0 Å².